The summed E-state index contributed by atoms with van der Waals surface area (Å²) in [5.74, 6) is -1.01. The normalized spacial score (nSPS) is 11.0. The van der Waals surface area contributed by atoms with Crippen LogP contribution in [0.25, 0.3) is 0 Å². The molecule has 0 heterocycles. The third kappa shape index (κ3) is 5.08. The Balaban J connectivity index is 2.36. The molecule has 0 atom stereocenters. The van der Waals surface area contributed by atoms with E-state index >= 15 is 0 Å². The first-order valence-electron chi connectivity index (χ1n) is 8.06. The summed E-state index contributed by atoms with van der Waals surface area (Å²) in [6.45, 7) is 7.75. The van der Waals surface area contributed by atoms with Gasteiger partial charge in [0.25, 0.3) is 0 Å². The van der Waals surface area contributed by atoms with Crippen LogP contribution in [-0.4, -0.2) is 22.8 Å². The highest BCUT2D eigenvalue weighted by molar-refractivity contribution is 5.91. The molecule has 0 aliphatic heterocycles. The minimum absolute atomic E-state index is 0.170. The molecule has 0 aliphatic rings. The number of amides is 1. The lowest BCUT2D eigenvalue weighted by Crippen LogP contribution is -2.36. The molecule has 0 fully saturated rings. The Hall–Kier alpha value is -2.82. The second-order valence-electron chi connectivity index (χ2n) is 6.84. The van der Waals surface area contributed by atoms with Gasteiger partial charge in [0.15, 0.2) is 0 Å². The van der Waals surface area contributed by atoms with E-state index in [4.69, 9.17) is 9.84 Å². The van der Waals surface area contributed by atoms with Crippen LogP contribution in [0.5, 0.6) is 0 Å². The number of aryl methyl sites for hydroxylation is 1. The fourth-order valence-electron chi connectivity index (χ4n) is 2.32. The van der Waals surface area contributed by atoms with Gasteiger partial charge in [0.2, 0.25) is 0 Å². The molecule has 1 amide bonds. The molecule has 1 N–H and O–H groups in total. The minimum atomic E-state index is -1.01. The van der Waals surface area contributed by atoms with Gasteiger partial charge in [0, 0.05) is 5.69 Å². The largest absolute Gasteiger partial charge is 0.478 e. The molecule has 0 spiro atoms. The molecule has 5 heteroatoms. The molecule has 2 aromatic carbocycles. The van der Waals surface area contributed by atoms with Crippen LogP contribution in [0.4, 0.5) is 10.5 Å². The number of anilines is 1. The predicted molar refractivity (Wildman–Crippen MR) is 97.0 cm³/mol. The second kappa shape index (κ2) is 7.38. The zero-order chi connectivity index (χ0) is 18.6. The van der Waals surface area contributed by atoms with Gasteiger partial charge in [0.05, 0.1) is 12.1 Å². The Morgan fingerprint density at radius 2 is 1.64 bits per heavy atom. The maximum atomic E-state index is 12.7. The van der Waals surface area contributed by atoms with E-state index in [1.807, 2.05) is 52.0 Å². The summed E-state index contributed by atoms with van der Waals surface area (Å²) in [5, 5.41) is 9.04. The Morgan fingerprint density at radius 3 is 2.16 bits per heavy atom. The van der Waals surface area contributed by atoms with E-state index in [1.54, 1.807) is 12.1 Å². The van der Waals surface area contributed by atoms with Crippen molar-refractivity contribution in [1.29, 1.82) is 0 Å². The molecule has 25 heavy (non-hydrogen) atoms. The zero-order valence-electron chi connectivity index (χ0n) is 14.9. The first-order valence-corrected chi connectivity index (χ1v) is 8.06. The number of carbonyl (C=O) groups excluding carboxylic acids is 1. The smallest absolute Gasteiger partial charge is 0.415 e. The molecule has 0 unspecified atom stereocenters. The highest BCUT2D eigenvalue weighted by Gasteiger charge is 2.24. The van der Waals surface area contributed by atoms with Gasteiger partial charge in [-0.15, -0.1) is 0 Å². The zero-order valence-corrected chi connectivity index (χ0v) is 14.9. The van der Waals surface area contributed by atoms with Gasteiger partial charge in [0.1, 0.15) is 5.60 Å². The molecular formula is C20H23NO4. The Bertz CT molecular complexity index is 760. The Kier molecular flexibility index (Phi) is 5.47. The van der Waals surface area contributed by atoms with E-state index in [0.717, 1.165) is 11.1 Å². The van der Waals surface area contributed by atoms with Gasteiger partial charge >= 0.3 is 12.1 Å². The fourth-order valence-corrected chi connectivity index (χ4v) is 2.32. The Morgan fingerprint density at radius 1 is 1.04 bits per heavy atom. The number of carboxylic acids is 1. The summed E-state index contributed by atoms with van der Waals surface area (Å²) in [6, 6.07) is 14.0. The van der Waals surface area contributed by atoms with Crippen molar-refractivity contribution in [3.05, 3.63) is 65.2 Å². The molecule has 0 saturated heterocycles. The number of carboxylic acid groups (broad SMARTS) is 1. The molecule has 5 nitrogen and oxygen atoms in total. The second-order valence-corrected chi connectivity index (χ2v) is 6.84. The number of carbonyl (C=O) groups is 2. The molecule has 0 aliphatic carbocycles. The lowest BCUT2D eigenvalue weighted by atomic mass is 10.1. The van der Waals surface area contributed by atoms with Crippen molar-refractivity contribution < 1.29 is 19.4 Å². The fraction of sp³-hybridized carbons (Fsp3) is 0.300. The number of aromatic carboxylic acids is 1. The number of benzene rings is 2. The van der Waals surface area contributed by atoms with Crippen molar-refractivity contribution in [2.24, 2.45) is 0 Å². The molecule has 132 valence electrons. The summed E-state index contributed by atoms with van der Waals surface area (Å²) in [4.78, 5) is 25.2. The third-order valence-electron chi connectivity index (χ3n) is 3.63. The molecule has 0 bridgehead atoms. The number of rotatable bonds is 4. The van der Waals surface area contributed by atoms with Crippen LogP contribution in [-0.2, 0) is 11.3 Å². The summed E-state index contributed by atoms with van der Waals surface area (Å²) in [5.41, 5.74) is 2.20. The van der Waals surface area contributed by atoms with Gasteiger partial charge in [-0.3, -0.25) is 4.90 Å². The molecule has 0 saturated carbocycles. The topological polar surface area (TPSA) is 66.8 Å². The highest BCUT2D eigenvalue weighted by Crippen LogP contribution is 2.22. The molecule has 0 aromatic heterocycles. The Labute approximate surface area is 147 Å². The van der Waals surface area contributed by atoms with Crippen LogP contribution in [0.3, 0.4) is 0 Å². The van der Waals surface area contributed by atoms with E-state index in [1.165, 1.54) is 17.0 Å². The van der Waals surface area contributed by atoms with Gasteiger partial charge in [-0.25, -0.2) is 9.59 Å². The standard InChI is InChI=1S/C20H23NO4/c1-14-7-5-6-8-16(14)13-21(19(24)25-20(2,3)4)17-11-9-15(10-12-17)18(22)23/h5-12H,13H2,1-4H3,(H,22,23). The first kappa shape index (κ1) is 18.5. The van der Waals surface area contributed by atoms with Crippen LogP contribution in [0.15, 0.2) is 48.5 Å². The van der Waals surface area contributed by atoms with Crippen molar-refractivity contribution in [2.75, 3.05) is 4.90 Å². The van der Waals surface area contributed by atoms with Crippen LogP contribution >= 0.6 is 0 Å². The molecule has 0 radical (unpaired) electrons. The monoisotopic (exact) mass is 341 g/mol. The lowest BCUT2D eigenvalue weighted by Gasteiger charge is -2.28. The van der Waals surface area contributed by atoms with Gasteiger partial charge in [-0.2, -0.15) is 0 Å². The van der Waals surface area contributed by atoms with Crippen molar-refractivity contribution in [3.63, 3.8) is 0 Å². The lowest BCUT2D eigenvalue weighted by molar-refractivity contribution is 0.0577. The van der Waals surface area contributed by atoms with Crippen molar-refractivity contribution in [3.8, 4) is 0 Å². The average Bonchev–Trinajstić information content (AvgIpc) is 2.52. The van der Waals surface area contributed by atoms with E-state index in [-0.39, 0.29) is 5.56 Å². The molecule has 2 rings (SSSR count). The minimum Gasteiger partial charge on any atom is -0.478 e. The van der Waals surface area contributed by atoms with Crippen LogP contribution < -0.4 is 4.90 Å². The van der Waals surface area contributed by atoms with Crippen molar-refractivity contribution >= 4 is 17.7 Å². The number of hydrogen-bond donors (Lipinski definition) is 1. The number of hydrogen-bond acceptors (Lipinski definition) is 3. The van der Waals surface area contributed by atoms with Gasteiger partial charge < -0.3 is 9.84 Å². The first-order chi connectivity index (χ1) is 11.7. The maximum absolute atomic E-state index is 12.7. The van der Waals surface area contributed by atoms with E-state index in [9.17, 15) is 9.59 Å². The average molecular weight is 341 g/mol. The number of nitrogens with zero attached hydrogens (tertiary/aromatic N) is 1. The third-order valence-corrected chi connectivity index (χ3v) is 3.63. The van der Waals surface area contributed by atoms with E-state index in [2.05, 4.69) is 0 Å². The predicted octanol–water partition coefficient (Wildman–Crippen LogP) is 4.63. The van der Waals surface area contributed by atoms with E-state index < -0.39 is 17.7 Å². The maximum Gasteiger partial charge on any atom is 0.415 e. The highest BCUT2D eigenvalue weighted by atomic mass is 16.6. The SMILES string of the molecule is Cc1ccccc1CN(C(=O)OC(C)(C)C)c1ccc(C(=O)O)cc1. The van der Waals surface area contributed by atoms with Crippen LogP contribution in [0.2, 0.25) is 0 Å². The quantitative estimate of drug-likeness (QED) is 0.880. The summed E-state index contributed by atoms with van der Waals surface area (Å²) >= 11 is 0. The van der Waals surface area contributed by atoms with Gasteiger partial charge in [-0.05, 0) is 63.1 Å². The van der Waals surface area contributed by atoms with Crippen molar-refractivity contribution in [1.82, 2.24) is 0 Å². The van der Waals surface area contributed by atoms with Crippen molar-refractivity contribution in [2.45, 2.75) is 39.8 Å². The van der Waals surface area contributed by atoms with Crippen LogP contribution in [0, 0.1) is 6.92 Å². The number of ether oxygens (including phenoxy) is 1. The summed E-state index contributed by atoms with van der Waals surface area (Å²) in [7, 11) is 0. The summed E-state index contributed by atoms with van der Waals surface area (Å²) in [6.07, 6.45) is -0.473. The van der Waals surface area contributed by atoms with Gasteiger partial charge in [-0.1, -0.05) is 24.3 Å². The van der Waals surface area contributed by atoms with E-state index in [0.29, 0.717) is 12.2 Å². The van der Waals surface area contributed by atoms with Crippen LogP contribution in [0.1, 0.15) is 42.3 Å². The summed E-state index contributed by atoms with van der Waals surface area (Å²) < 4.78 is 5.51. The molecule has 2 aromatic rings. The molecular weight excluding hydrogens is 318 g/mol.